The fourth-order valence-electron chi connectivity index (χ4n) is 1.73. The first-order valence-electron chi connectivity index (χ1n) is 5.38. The van der Waals surface area contributed by atoms with Crippen molar-refractivity contribution < 1.29 is 0 Å². The lowest BCUT2D eigenvalue weighted by atomic mass is 10.2. The first kappa shape index (κ1) is 11.5. The number of hydrogen-bond acceptors (Lipinski definition) is 4. The van der Waals surface area contributed by atoms with Crippen LogP contribution in [0.4, 0.5) is 17.1 Å². The van der Waals surface area contributed by atoms with Crippen molar-refractivity contribution in [2.24, 2.45) is 0 Å². The summed E-state index contributed by atoms with van der Waals surface area (Å²) in [5, 5.41) is 3.32. The Kier molecular flexibility index (Phi) is 2.93. The van der Waals surface area contributed by atoms with Gasteiger partial charge in [0.05, 0.1) is 27.1 Å². The van der Waals surface area contributed by atoms with Gasteiger partial charge in [0.1, 0.15) is 0 Å². The Balaban J connectivity index is 1.97. The maximum Gasteiger partial charge on any atom is 0.0813 e. The number of nitrogens with two attached hydrogens (primary N) is 1. The summed E-state index contributed by atoms with van der Waals surface area (Å²) in [6, 6.07) is 11.8. The molecule has 0 aliphatic carbocycles. The van der Waals surface area contributed by atoms with Crippen LogP contribution in [-0.4, -0.2) is 4.98 Å². The van der Waals surface area contributed by atoms with Gasteiger partial charge in [0.25, 0.3) is 0 Å². The van der Waals surface area contributed by atoms with Gasteiger partial charge >= 0.3 is 0 Å². The second kappa shape index (κ2) is 4.59. The average Bonchev–Trinajstić information content (AvgIpc) is 2.81. The van der Waals surface area contributed by atoms with E-state index >= 15 is 0 Å². The number of anilines is 3. The minimum absolute atomic E-state index is 0.725. The predicted molar refractivity (Wildman–Crippen MR) is 81.5 cm³/mol. The van der Waals surface area contributed by atoms with Crippen LogP contribution in [0.25, 0.3) is 10.2 Å². The van der Waals surface area contributed by atoms with Gasteiger partial charge in [0, 0.05) is 10.2 Å². The number of aromatic nitrogens is 1. The average molecular weight is 320 g/mol. The van der Waals surface area contributed by atoms with E-state index in [2.05, 4.69) is 32.3 Å². The molecule has 1 aromatic heterocycles. The van der Waals surface area contributed by atoms with Crippen LogP contribution in [0, 0.1) is 0 Å². The van der Waals surface area contributed by atoms with Gasteiger partial charge in [0.15, 0.2) is 0 Å². The Labute approximate surface area is 117 Å². The highest BCUT2D eigenvalue weighted by molar-refractivity contribution is 9.10. The van der Waals surface area contributed by atoms with E-state index < -0.39 is 0 Å². The molecule has 2 aromatic carbocycles. The fraction of sp³-hybridized carbons (Fsp3) is 0. The zero-order chi connectivity index (χ0) is 12.5. The minimum Gasteiger partial charge on any atom is -0.397 e. The van der Waals surface area contributed by atoms with Gasteiger partial charge in [-0.25, -0.2) is 4.98 Å². The van der Waals surface area contributed by atoms with Crippen molar-refractivity contribution in [1.29, 1.82) is 0 Å². The number of rotatable bonds is 2. The highest BCUT2D eigenvalue weighted by Crippen LogP contribution is 2.29. The molecule has 1 heterocycles. The summed E-state index contributed by atoms with van der Waals surface area (Å²) in [4.78, 5) is 4.26. The van der Waals surface area contributed by atoms with E-state index in [4.69, 9.17) is 5.73 Å². The van der Waals surface area contributed by atoms with Gasteiger partial charge in [0.2, 0.25) is 0 Å². The molecule has 0 aliphatic rings. The molecule has 0 saturated heterocycles. The van der Waals surface area contributed by atoms with Crippen molar-refractivity contribution in [2.75, 3.05) is 11.1 Å². The largest absolute Gasteiger partial charge is 0.397 e. The molecule has 0 atom stereocenters. The van der Waals surface area contributed by atoms with Crippen LogP contribution in [0.5, 0.6) is 0 Å². The quantitative estimate of drug-likeness (QED) is 0.689. The number of thiazole rings is 1. The Morgan fingerprint density at radius 2 is 2.06 bits per heavy atom. The van der Waals surface area contributed by atoms with Crippen LogP contribution in [0.1, 0.15) is 0 Å². The number of nitrogens with one attached hydrogen (secondary N) is 1. The lowest BCUT2D eigenvalue weighted by molar-refractivity contribution is 1.49. The highest BCUT2D eigenvalue weighted by atomic mass is 79.9. The molecule has 3 rings (SSSR count). The zero-order valence-corrected chi connectivity index (χ0v) is 11.8. The maximum atomic E-state index is 5.94. The van der Waals surface area contributed by atoms with Crippen molar-refractivity contribution in [3.63, 3.8) is 0 Å². The highest BCUT2D eigenvalue weighted by Gasteiger charge is 2.03. The van der Waals surface area contributed by atoms with Gasteiger partial charge in [-0.3, -0.25) is 0 Å². The number of fused-ring (bicyclic) bond motifs is 1. The first-order chi connectivity index (χ1) is 8.72. The molecule has 0 bridgehead atoms. The summed E-state index contributed by atoms with van der Waals surface area (Å²) >= 11 is 5.07. The van der Waals surface area contributed by atoms with Crippen LogP contribution >= 0.6 is 27.3 Å². The van der Waals surface area contributed by atoms with Crippen molar-refractivity contribution in [3.05, 3.63) is 46.4 Å². The van der Waals surface area contributed by atoms with Gasteiger partial charge in [-0.15, -0.1) is 11.3 Å². The van der Waals surface area contributed by atoms with Crippen molar-refractivity contribution in [2.45, 2.75) is 0 Å². The van der Waals surface area contributed by atoms with E-state index in [1.165, 1.54) is 0 Å². The monoisotopic (exact) mass is 319 g/mol. The molecule has 18 heavy (non-hydrogen) atoms. The molecule has 0 fully saturated rings. The van der Waals surface area contributed by atoms with Crippen LogP contribution in [0.3, 0.4) is 0 Å². The van der Waals surface area contributed by atoms with E-state index in [-0.39, 0.29) is 0 Å². The minimum atomic E-state index is 0.725. The number of benzene rings is 2. The molecule has 0 saturated carbocycles. The third-order valence-electron chi connectivity index (χ3n) is 2.63. The van der Waals surface area contributed by atoms with Crippen LogP contribution in [0.2, 0.25) is 0 Å². The Hall–Kier alpha value is -1.59. The lowest BCUT2D eigenvalue weighted by Gasteiger charge is -2.09. The van der Waals surface area contributed by atoms with E-state index in [1.807, 2.05) is 35.8 Å². The van der Waals surface area contributed by atoms with Crippen molar-refractivity contribution in [3.8, 4) is 0 Å². The number of hydrogen-bond donors (Lipinski definition) is 2. The molecular weight excluding hydrogens is 310 g/mol. The summed E-state index contributed by atoms with van der Waals surface area (Å²) in [5.74, 6) is 0. The fourth-order valence-corrected chi connectivity index (χ4v) is 2.80. The number of halogens is 1. The lowest BCUT2D eigenvalue weighted by Crippen LogP contribution is -1.95. The molecule has 5 heteroatoms. The molecule has 3 nitrogen and oxygen atoms in total. The molecule has 0 aliphatic heterocycles. The van der Waals surface area contributed by atoms with E-state index in [0.717, 1.165) is 31.8 Å². The van der Waals surface area contributed by atoms with E-state index in [1.54, 1.807) is 11.3 Å². The molecule has 0 amide bonds. The van der Waals surface area contributed by atoms with Crippen molar-refractivity contribution >= 4 is 54.5 Å². The Morgan fingerprint density at radius 3 is 2.94 bits per heavy atom. The third kappa shape index (κ3) is 2.19. The normalized spacial score (nSPS) is 10.7. The molecular formula is C13H10BrN3S. The van der Waals surface area contributed by atoms with Gasteiger partial charge < -0.3 is 11.1 Å². The number of nitrogen functional groups attached to an aromatic ring is 1. The van der Waals surface area contributed by atoms with E-state index in [9.17, 15) is 0 Å². The van der Waals surface area contributed by atoms with Crippen LogP contribution in [0.15, 0.2) is 46.4 Å². The molecule has 0 spiro atoms. The zero-order valence-electron chi connectivity index (χ0n) is 9.35. The molecule has 3 aromatic rings. The number of nitrogens with zero attached hydrogens (tertiary/aromatic N) is 1. The second-order valence-electron chi connectivity index (χ2n) is 3.89. The first-order valence-corrected chi connectivity index (χ1v) is 7.05. The summed E-state index contributed by atoms with van der Waals surface area (Å²) < 4.78 is 2.16. The standard InChI is InChI=1S/C13H10BrN3S/c14-8-1-3-10(15)12(5-8)17-9-2-4-11-13(6-9)18-7-16-11/h1-7,17H,15H2. The Bertz CT molecular complexity index is 708. The summed E-state index contributed by atoms with van der Waals surface area (Å²) in [6.07, 6.45) is 0. The summed E-state index contributed by atoms with van der Waals surface area (Å²) in [7, 11) is 0. The summed E-state index contributed by atoms with van der Waals surface area (Å²) in [6.45, 7) is 0. The molecule has 0 unspecified atom stereocenters. The SMILES string of the molecule is Nc1ccc(Br)cc1Nc1ccc2ncsc2c1. The molecule has 3 N–H and O–H groups in total. The van der Waals surface area contributed by atoms with Gasteiger partial charge in [-0.1, -0.05) is 15.9 Å². The Morgan fingerprint density at radius 1 is 1.17 bits per heavy atom. The maximum absolute atomic E-state index is 5.94. The molecule has 90 valence electrons. The summed E-state index contributed by atoms with van der Waals surface area (Å²) in [5.41, 5.74) is 11.4. The second-order valence-corrected chi connectivity index (χ2v) is 5.69. The van der Waals surface area contributed by atoms with Crippen LogP contribution < -0.4 is 11.1 Å². The van der Waals surface area contributed by atoms with Crippen molar-refractivity contribution in [1.82, 2.24) is 4.98 Å². The molecule has 0 radical (unpaired) electrons. The third-order valence-corrected chi connectivity index (χ3v) is 3.91. The predicted octanol–water partition coefficient (Wildman–Crippen LogP) is 4.38. The van der Waals surface area contributed by atoms with Gasteiger partial charge in [-0.05, 0) is 36.4 Å². The van der Waals surface area contributed by atoms with Gasteiger partial charge in [-0.2, -0.15) is 0 Å². The van der Waals surface area contributed by atoms with E-state index in [0.29, 0.717) is 0 Å². The van der Waals surface area contributed by atoms with Crippen LogP contribution in [-0.2, 0) is 0 Å². The smallest absolute Gasteiger partial charge is 0.0813 e. The topological polar surface area (TPSA) is 50.9 Å².